The third-order valence-corrected chi connectivity index (χ3v) is 5.92. The van der Waals surface area contributed by atoms with Crippen LogP contribution in [0.1, 0.15) is 38.1 Å². The predicted octanol–water partition coefficient (Wildman–Crippen LogP) is 3.14. The summed E-state index contributed by atoms with van der Waals surface area (Å²) in [6.45, 7) is 8.29. The Morgan fingerprint density at radius 1 is 1.20 bits per heavy atom. The van der Waals surface area contributed by atoms with Crippen molar-refractivity contribution in [3.05, 3.63) is 41.7 Å². The lowest BCUT2D eigenvalue weighted by Crippen LogP contribution is -2.44. The van der Waals surface area contributed by atoms with Crippen molar-refractivity contribution in [1.82, 2.24) is 15.6 Å². The van der Waals surface area contributed by atoms with Crippen molar-refractivity contribution in [3.63, 3.8) is 0 Å². The molecule has 4 nitrogen and oxygen atoms in total. The van der Waals surface area contributed by atoms with Crippen molar-refractivity contribution in [1.29, 1.82) is 0 Å². The van der Waals surface area contributed by atoms with Crippen LogP contribution in [-0.4, -0.2) is 24.0 Å². The minimum atomic E-state index is -0.487. The molecule has 4 heteroatoms. The molecule has 1 aromatic carbocycles. The van der Waals surface area contributed by atoms with Gasteiger partial charge < -0.3 is 10.6 Å². The lowest BCUT2D eigenvalue weighted by molar-refractivity contribution is -0.126. The van der Waals surface area contributed by atoms with Gasteiger partial charge in [0.1, 0.15) is 0 Å². The largest absolute Gasteiger partial charge is 0.345 e. The second-order valence-corrected chi connectivity index (χ2v) is 8.29. The Morgan fingerprint density at radius 2 is 1.88 bits per heavy atom. The van der Waals surface area contributed by atoms with Gasteiger partial charge in [-0.2, -0.15) is 0 Å². The molecule has 4 rings (SSSR count). The van der Waals surface area contributed by atoms with E-state index in [4.69, 9.17) is 4.98 Å². The average molecular weight is 337 g/mol. The first-order valence-electron chi connectivity index (χ1n) is 9.33. The molecular weight excluding hydrogens is 310 g/mol. The van der Waals surface area contributed by atoms with Crippen LogP contribution in [0.15, 0.2) is 30.3 Å². The normalized spacial score (nSPS) is 26.0. The number of carbonyl (C=O) groups excluding carboxylic acids is 1. The molecule has 0 spiro atoms. The summed E-state index contributed by atoms with van der Waals surface area (Å²) in [4.78, 5) is 17.7. The Hall–Kier alpha value is -1.94. The molecule has 1 saturated carbocycles. The molecule has 2 heterocycles. The minimum absolute atomic E-state index is 0.146. The number of aryl methyl sites for hydroxylation is 1. The fraction of sp³-hybridized carbons (Fsp3) is 0.524. The van der Waals surface area contributed by atoms with Gasteiger partial charge in [0.05, 0.1) is 11.2 Å². The number of carbonyl (C=O) groups is 1. The van der Waals surface area contributed by atoms with Crippen LogP contribution >= 0.6 is 0 Å². The molecule has 1 amide bonds. The first-order valence-corrected chi connectivity index (χ1v) is 9.33. The predicted molar refractivity (Wildman–Crippen MR) is 100 cm³/mol. The molecule has 1 aliphatic heterocycles. The van der Waals surface area contributed by atoms with E-state index in [2.05, 4.69) is 42.7 Å². The van der Waals surface area contributed by atoms with Gasteiger partial charge in [-0.25, -0.2) is 0 Å². The highest BCUT2D eigenvalue weighted by atomic mass is 16.2. The highest BCUT2D eigenvalue weighted by molar-refractivity contribution is 5.87. The SMILES string of the molecule is Cc1cc2ccccc2c(C(C)(C)NC(=O)C2CC3CNCC3C2)n1. The van der Waals surface area contributed by atoms with Crippen molar-refractivity contribution >= 4 is 16.7 Å². The number of pyridine rings is 1. The van der Waals surface area contributed by atoms with Crippen molar-refractivity contribution in [2.75, 3.05) is 13.1 Å². The van der Waals surface area contributed by atoms with E-state index in [0.717, 1.165) is 42.7 Å². The average Bonchev–Trinajstić information content (AvgIpc) is 3.15. The summed E-state index contributed by atoms with van der Waals surface area (Å²) < 4.78 is 0. The Bertz CT molecular complexity index is 802. The number of nitrogens with one attached hydrogen (secondary N) is 2. The summed E-state index contributed by atoms with van der Waals surface area (Å²) in [5.41, 5.74) is 1.45. The number of benzene rings is 1. The molecule has 2 aliphatic rings. The number of aromatic nitrogens is 1. The van der Waals surface area contributed by atoms with Crippen LogP contribution in [0.25, 0.3) is 10.8 Å². The topological polar surface area (TPSA) is 54.0 Å². The molecule has 1 saturated heterocycles. The third-order valence-electron chi connectivity index (χ3n) is 5.92. The van der Waals surface area contributed by atoms with Gasteiger partial charge in [0.2, 0.25) is 5.91 Å². The zero-order valence-electron chi connectivity index (χ0n) is 15.3. The zero-order valence-corrected chi connectivity index (χ0v) is 15.3. The Balaban J connectivity index is 1.58. The van der Waals surface area contributed by atoms with Crippen LogP contribution in [0, 0.1) is 24.7 Å². The molecule has 132 valence electrons. The van der Waals surface area contributed by atoms with E-state index in [0.29, 0.717) is 11.8 Å². The second-order valence-electron chi connectivity index (χ2n) is 8.29. The summed E-state index contributed by atoms with van der Waals surface area (Å²) in [6.07, 6.45) is 2.03. The van der Waals surface area contributed by atoms with Gasteiger partial charge in [-0.1, -0.05) is 24.3 Å². The second kappa shape index (κ2) is 6.10. The third kappa shape index (κ3) is 3.04. The Morgan fingerprint density at radius 3 is 2.60 bits per heavy atom. The summed E-state index contributed by atoms with van der Waals surface area (Å²) in [5, 5.41) is 9.04. The maximum Gasteiger partial charge on any atom is 0.223 e. The van der Waals surface area contributed by atoms with Gasteiger partial charge in [0, 0.05) is 17.0 Å². The smallest absolute Gasteiger partial charge is 0.223 e. The summed E-state index contributed by atoms with van der Waals surface area (Å²) in [5.74, 6) is 1.69. The molecule has 2 N–H and O–H groups in total. The van der Waals surface area contributed by atoms with E-state index in [1.165, 1.54) is 5.39 Å². The van der Waals surface area contributed by atoms with Crippen molar-refractivity contribution in [2.24, 2.45) is 17.8 Å². The van der Waals surface area contributed by atoms with Crippen molar-refractivity contribution < 1.29 is 4.79 Å². The molecule has 0 radical (unpaired) electrons. The summed E-state index contributed by atoms with van der Waals surface area (Å²) >= 11 is 0. The molecule has 2 atom stereocenters. The molecular formula is C21H27N3O. The van der Waals surface area contributed by atoms with E-state index in [-0.39, 0.29) is 11.8 Å². The van der Waals surface area contributed by atoms with Gasteiger partial charge in [-0.15, -0.1) is 0 Å². The molecule has 1 aromatic heterocycles. The van der Waals surface area contributed by atoms with Crippen LogP contribution < -0.4 is 10.6 Å². The fourth-order valence-corrected chi connectivity index (χ4v) is 4.66. The Labute approximate surface area is 149 Å². The standard InChI is InChI=1S/C21H27N3O/c1-13-8-14-6-4-5-7-18(14)19(23-13)21(2,3)24-20(25)15-9-16-11-22-12-17(16)10-15/h4-8,15-17,22H,9-12H2,1-3H3,(H,24,25). The van der Waals surface area contributed by atoms with E-state index in [1.807, 2.05) is 19.1 Å². The molecule has 2 fully saturated rings. The monoisotopic (exact) mass is 337 g/mol. The first-order chi connectivity index (χ1) is 11.9. The molecule has 1 aliphatic carbocycles. The summed E-state index contributed by atoms with van der Waals surface area (Å²) in [6, 6.07) is 10.4. The van der Waals surface area contributed by atoms with E-state index < -0.39 is 5.54 Å². The van der Waals surface area contributed by atoms with E-state index >= 15 is 0 Å². The van der Waals surface area contributed by atoms with Gasteiger partial charge in [-0.3, -0.25) is 9.78 Å². The summed E-state index contributed by atoms with van der Waals surface area (Å²) in [7, 11) is 0. The quantitative estimate of drug-likeness (QED) is 0.905. The Kier molecular flexibility index (Phi) is 4.03. The number of hydrogen-bond donors (Lipinski definition) is 2. The van der Waals surface area contributed by atoms with Crippen LogP contribution in [0.2, 0.25) is 0 Å². The van der Waals surface area contributed by atoms with Gasteiger partial charge in [0.15, 0.2) is 0 Å². The molecule has 2 unspecified atom stereocenters. The van der Waals surface area contributed by atoms with Crippen LogP contribution in [0.4, 0.5) is 0 Å². The lowest BCUT2D eigenvalue weighted by Gasteiger charge is -2.29. The first kappa shape index (κ1) is 16.5. The maximum absolute atomic E-state index is 12.9. The number of nitrogens with zero attached hydrogens (tertiary/aromatic N) is 1. The van der Waals surface area contributed by atoms with Crippen LogP contribution in [-0.2, 0) is 10.3 Å². The van der Waals surface area contributed by atoms with Gasteiger partial charge in [-0.05, 0) is 70.0 Å². The molecule has 2 aromatic rings. The number of rotatable bonds is 3. The molecule has 0 bridgehead atoms. The van der Waals surface area contributed by atoms with Crippen molar-refractivity contribution in [3.8, 4) is 0 Å². The lowest BCUT2D eigenvalue weighted by atomic mass is 9.93. The van der Waals surface area contributed by atoms with Crippen LogP contribution in [0.5, 0.6) is 0 Å². The zero-order chi connectivity index (χ0) is 17.6. The van der Waals surface area contributed by atoms with Crippen LogP contribution in [0.3, 0.4) is 0 Å². The van der Waals surface area contributed by atoms with E-state index in [9.17, 15) is 4.79 Å². The maximum atomic E-state index is 12.9. The van der Waals surface area contributed by atoms with Crippen molar-refractivity contribution in [2.45, 2.75) is 39.2 Å². The minimum Gasteiger partial charge on any atom is -0.345 e. The molecule has 25 heavy (non-hydrogen) atoms. The van der Waals surface area contributed by atoms with Gasteiger partial charge >= 0.3 is 0 Å². The highest BCUT2D eigenvalue weighted by Crippen LogP contribution is 2.39. The fourth-order valence-electron chi connectivity index (χ4n) is 4.66. The van der Waals surface area contributed by atoms with Gasteiger partial charge in [0.25, 0.3) is 0 Å². The highest BCUT2D eigenvalue weighted by Gasteiger charge is 2.41. The number of hydrogen-bond acceptors (Lipinski definition) is 3. The number of amides is 1. The number of fused-ring (bicyclic) bond motifs is 2. The van der Waals surface area contributed by atoms with E-state index in [1.54, 1.807) is 0 Å².